The van der Waals surface area contributed by atoms with Crippen molar-refractivity contribution in [2.75, 3.05) is 16.4 Å². The largest absolute Gasteiger partial charge is 0.378 e. The van der Waals surface area contributed by atoms with Crippen molar-refractivity contribution in [3.63, 3.8) is 0 Å². The molecule has 178 valence electrons. The van der Waals surface area contributed by atoms with E-state index in [9.17, 15) is 9.59 Å². The van der Waals surface area contributed by atoms with E-state index in [-0.39, 0.29) is 17.4 Å². The molecule has 0 spiro atoms. The molecule has 0 saturated carbocycles. The lowest BCUT2D eigenvalue weighted by atomic mass is 10.1. The highest BCUT2D eigenvalue weighted by molar-refractivity contribution is 7.99. The monoisotopic (exact) mass is 485 g/mol. The molecule has 2 N–H and O–H groups in total. The van der Waals surface area contributed by atoms with Crippen molar-refractivity contribution in [3.8, 4) is 5.69 Å². The number of thioether (sulfide) groups is 1. The lowest BCUT2D eigenvalue weighted by Crippen LogP contribution is -2.15. The number of ketones is 1. The molecule has 0 fully saturated rings. The molecule has 8 heteroatoms. The maximum atomic E-state index is 12.6. The number of carbonyl (C=O) groups excluding carboxylic acids is 2. The molecule has 0 unspecified atom stereocenters. The summed E-state index contributed by atoms with van der Waals surface area (Å²) < 4.78 is 1.97. The number of nitrogens with zero attached hydrogens (tertiary/aromatic N) is 3. The van der Waals surface area contributed by atoms with Crippen molar-refractivity contribution in [2.24, 2.45) is 0 Å². The van der Waals surface area contributed by atoms with Gasteiger partial charge in [-0.25, -0.2) is 0 Å². The molecule has 1 aromatic heterocycles. The number of hydrogen-bond acceptors (Lipinski definition) is 6. The Morgan fingerprint density at radius 1 is 0.829 bits per heavy atom. The highest BCUT2D eigenvalue weighted by atomic mass is 32.2. The van der Waals surface area contributed by atoms with E-state index in [1.54, 1.807) is 24.3 Å². The Hall–Kier alpha value is -3.91. The van der Waals surface area contributed by atoms with E-state index in [0.717, 1.165) is 22.8 Å². The fourth-order valence-corrected chi connectivity index (χ4v) is 4.20. The van der Waals surface area contributed by atoms with Crippen molar-refractivity contribution in [1.82, 2.24) is 14.8 Å². The van der Waals surface area contributed by atoms with E-state index in [4.69, 9.17) is 0 Å². The standard InChI is InChI=1S/C27H27N5O2S/c1-18-4-10-22(11-5-18)28-16-25-30-31-27(32(25)24-14-6-19(2)7-15-24)35-17-26(34)29-23-12-8-21(9-13-23)20(3)33/h4-15,28H,16-17H2,1-3H3,(H,29,34). The van der Waals surface area contributed by atoms with Crippen LogP contribution in [0.4, 0.5) is 11.4 Å². The van der Waals surface area contributed by atoms with Gasteiger partial charge in [-0.2, -0.15) is 0 Å². The summed E-state index contributed by atoms with van der Waals surface area (Å²) in [6, 6.07) is 23.2. The Morgan fingerprint density at radius 2 is 1.43 bits per heavy atom. The van der Waals surface area contributed by atoms with Crippen molar-refractivity contribution in [3.05, 3.63) is 95.3 Å². The molecule has 0 radical (unpaired) electrons. The topological polar surface area (TPSA) is 88.9 Å². The molecular formula is C27H27N5O2S. The van der Waals surface area contributed by atoms with E-state index in [2.05, 4.69) is 39.9 Å². The van der Waals surface area contributed by atoms with Gasteiger partial charge in [0.15, 0.2) is 16.8 Å². The van der Waals surface area contributed by atoms with Crippen LogP contribution < -0.4 is 10.6 Å². The van der Waals surface area contributed by atoms with Crippen LogP contribution in [0.25, 0.3) is 5.69 Å². The van der Waals surface area contributed by atoms with E-state index in [1.807, 2.05) is 47.9 Å². The Balaban J connectivity index is 1.48. The minimum atomic E-state index is -0.164. The molecule has 4 rings (SSSR count). The summed E-state index contributed by atoms with van der Waals surface area (Å²) in [5, 5.41) is 15.7. The van der Waals surface area contributed by atoms with Crippen LogP contribution in [0.1, 0.15) is 34.2 Å². The Kier molecular flexibility index (Phi) is 7.62. The first-order valence-corrected chi connectivity index (χ1v) is 12.2. The third kappa shape index (κ3) is 6.36. The smallest absolute Gasteiger partial charge is 0.234 e. The van der Waals surface area contributed by atoms with E-state index in [0.29, 0.717) is 23.0 Å². The lowest BCUT2D eigenvalue weighted by molar-refractivity contribution is -0.113. The third-order valence-electron chi connectivity index (χ3n) is 5.40. The van der Waals surface area contributed by atoms with Crippen LogP contribution in [0, 0.1) is 13.8 Å². The third-order valence-corrected chi connectivity index (χ3v) is 6.33. The van der Waals surface area contributed by atoms with Crippen molar-refractivity contribution in [1.29, 1.82) is 0 Å². The molecule has 0 bridgehead atoms. The zero-order valence-corrected chi connectivity index (χ0v) is 20.7. The molecule has 0 atom stereocenters. The van der Waals surface area contributed by atoms with E-state index >= 15 is 0 Å². The van der Waals surface area contributed by atoms with Gasteiger partial charge in [0.25, 0.3) is 0 Å². The summed E-state index contributed by atoms with van der Waals surface area (Å²) in [5.41, 5.74) is 5.54. The van der Waals surface area contributed by atoms with Gasteiger partial charge in [-0.3, -0.25) is 14.2 Å². The SMILES string of the molecule is CC(=O)c1ccc(NC(=O)CSc2nnc(CNc3ccc(C)cc3)n2-c2ccc(C)cc2)cc1. The Morgan fingerprint density at radius 3 is 2.06 bits per heavy atom. The number of anilines is 2. The molecule has 0 aliphatic heterocycles. The molecule has 4 aromatic rings. The second kappa shape index (κ2) is 11.0. The van der Waals surface area contributed by atoms with Crippen molar-refractivity contribution < 1.29 is 9.59 Å². The number of aromatic nitrogens is 3. The van der Waals surface area contributed by atoms with Gasteiger partial charge in [0.1, 0.15) is 0 Å². The van der Waals surface area contributed by atoms with Crippen LogP contribution in [0.2, 0.25) is 0 Å². The maximum absolute atomic E-state index is 12.6. The number of carbonyl (C=O) groups is 2. The van der Waals surface area contributed by atoms with Crippen LogP contribution in [0.5, 0.6) is 0 Å². The normalized spacial score (nSPS) is 10.7. The fraction of sp³-hybridized carbons (Fsp3) is 0.185. The summed E-state index contributed by atoms with van der Waals surface area (Å²) in [4.78, 5) is 24.0. The fourth-order valence-electron chi connectivity index (χ4n) is 3.43. The zero-order valence-electron chi connectivity index (χ0n) is 19.9. The summed E-state index contributed by atoms with van der Waals surface area (Å²) in [5.74, 6) is 0.742. The highest BCUT2D eigenvalue weighted by Gasteiger charge is 2.16. The minimum Gasteiger partial charge on any atom is -0.378 e. The first kappa shape index (κ1) is 24.2. The first-order valence-electron chi connectivity index (χ1n) is 11.2. The van der Waals surface area contributed by atoms with Gasteiger partial charge >= 0.3 is 0 Å². The number of benzene rings is 3. The van der Waals surface area contributed by atoms with Gasteiger partial charge in [0.2, 0.25) is 5.91 Å². The number of nitrogens with one attached hydrogen (secondary N) is 2. The van der Waals surface area contributed by atoms with Crippen LogP contribution in [-0.4, -0.2) is 32.2 Å². The van der Waals surface area contributed by atoms with Gasteiger partial charge < -0.3 is 10.6 Å². The maximum Gasteiger partial charge on any atom is 0.234 e. The predicted octanol–water partition coefficient (Wildman–Crippen LogP) is 5.43. The molecular weight excluding hydrogens is 458 g/mol. The lowest BCUT2D eigenvalue weighted by Gasteiger charge is -2.12. The summed E-state index contributed by atoms with van der Waals surface area (Å²) in [7, 11) is 0. The second-order valence-electron chi connectivity index (χ2n) is 8.26. The molecule has 7 nitrogen and oxygen atoms in total. The number of Topliss-reactive ketones (excluding diaryl/α,β-unsaturated/α-hetero) is 1. The van der Waals surface area contributed by atoms with Gasteiger partial charge in [-0.05, 0) is 69.3 Å². The van der Waals surface area contributed by atoms with Crippen molar-refractivity contribution in [2.45, 2.75) is 32.5 Å². The summed E-state index contributed by atoms with van der Waals surface area (Å²) in [6.45, 7) is 6.09. The number of aryl methyl sites for hydroxylation is 2. The number of rotatable bonds is 9. The average Bonchev–Trinajstić information content (AvgIpc) is 3.26. The molecule has 1 heterocycles. The molecule has 0 aliphatic carbocycles. The van der Waals surface area contributed by atoms with Crippen LogP contribution >= 0.6 is 11.8 Å². The van der Waals surface area contributed by atoms with E-state index < -0.39 is 0 Å². The first-order chi connectivity index (χ1) is 16.9. The van der Waals surface area contributed by atoms with Gasteiger partial charge in [0.05, 0.1) is 12.3 Å². The zero-order chi connectivity index (χ0) is 24.8. The molecule has 1 amide bonds. The summed E-state index contributed by atoms with van der Waals surface area (Å²) >= 11 is 1.32. The highest BCUT2D eigenvalue weighted by Crippen LogP contribution is 2.24. The quantitative estimate of drug-likeness (QED) is 0.243. The van der Waals surface area contributed by atoms with Crippen LogP contribution in [0.15, 0.2) is 78.0 Å². The average molecular weight is 486 g/mol. The molecule has 35 heavy (non-hydrogen) atoms. The minimum absolute atomic E-state index is 0.0125. The predicted molar refractivity (Wildman–Crippen MR) is 140 cm³/mol. The molecule has 0 aliphatic rings. The molecule has 0 saturated heterocycles. The Bertz CT molecular complexity index is 1310. The van der Waals surface area contributed by atoms with E-state index in [1.165, 1.54) is 24.2 Å². The van der Waals surface area contributed by atoms with Crippen molar-refractivity contribution >= 4 is 34.8 Å². The van der Waals surface area contributed by atoms with Crippen LogP contribution in [-0.2, 0) is 11.3 Å². The van der Waals surface area contributed by atoms with Crippen LogP contribution in [0.3, 0.4) is 0 Å². The molecule has 3 aromatic carbocycles. The number of hydrogen-bond donors (Lipinski definition) is 2. The van der Waals surface area contributed by atoms with Gasteiger partial charge in [-0.15, -0.1) is 10.2 Å². The number of amides is 1. The summed E-state index contributed by atoms with van der Waals surface area (Å²) in [6.07, 6.45) is 0. The Labute approximate surface area is 209 Å². The van der Waals surface area contributed by atoms with Gasteiger partial charge in [-0.1, -0.05) is 47.2 Å². The second-order valence-corrected chi connectivity index (χ2v) is 9.20. The van der Waals surface area contributed by atoms with Gasteiger partial charge in [0, 0.05) is 22.6 Å².